The number of carbonyl (C=O) groups is 1. The molecule has 2 rings (SSSR count). The van der Waals surface area contributed by atoms with Gasteiger partial charge in [-0.1, -0.05) is 62.4 Å². The molecule has 0 bridgehead atoms. The van der Waals surface area contributed by atoms with Crippen LogP contribution in [0.5, 0.6) is 5.75 Å². The first-order valence-electron chi connectivity index (χ1n) is 8.89. The van der Waals surface area contributed by atoms with Gasteiger partial charge in [0.15, 0.2) is 6.61 Å². The average Bonchev–Trinajstić information content (AvgIpc) is 2.65. The summed E-state index contributed by atoms with van der Waals surface area (Å²) < 4.78 is 5.62. The zero-order valence-electron chi connectivity index (χ0n) is 15.4. The number of ether oxygens (including phenoxy) is 1. The monoisotopic (exact) mass is 340 g/mol. The van der Waals surface area contributed by atoms with Crippen molar-refractivity contribution in [3.05, 3.63) is 65.7 Å². The summed E-state index contributed by atoms with van der Waals surface area (Å²) in [6, 6.07) is 18.2. The third kappa shape index (κ3) is 5.61. The van der Waals surface area contributed by atoms with Crippen molar-refractivity contribution in [1.29, 1.82) is 0 Å². The molecule has 25 heavy (non-hydrogen) atoms. The maximum Gasteiger partial charge on any atom is 0.258 e. The highest BCUT2D eigenvalue weighted by Gasteiger charge is 2.18. The van der Waals surface area contributed by atoms with E-state index in [9.17, 15) is 4.79 Å². The van der Waals surface area contributed by atoms with Gasteiger partial charge >= 0.3 is 0 Å². The Labute approximate surface area is 150 Å². The number of likely N-dealkylation sites (N-methyl/N-ethyl adjacent to an activating group) is 1. The van der Waals surface area contributed by atoms with Crippen molar-refractivity contribution in [3.63, 3.8) is 0 Å². The van der Waals surface area contributed by atoms with Crippen LogP contribution in [0.4, 0.5) is 0 Å². The molecule has 4 nitrogen and oxygen atoms in total. The van der Waals surface area contributed by atoms with E-state index >= 15 is 0 Å². The number of nitrogens with zero attached hydrogens (tertiary/aromatic N) is 1. The van der Waals surface area contributed by atoms with E-state index < -0.39 is 0 Å². The molecule has 0 aromatic heterocycles. The second-order valence-electron chi connectivity index (χ2n) is 6.01. The molecular formula is C21H28N2O2. The molecule has 1 N–H and O–H groups in total. The molecule has 2 aromatic rings. The number of para-hydroxylation sites is 1. The SMILES string of the molecule is CCN(CC)C(CNC(=O)COc1ccccc1C)c1ccccc1. The highest BCUT2D eigenvalue weighted by molar-refractivity contribution is 5.77. The molecule has 0 saturated carbocycles. The molecule has 2 aromatic carbocycles. The Morgan fingerprint density at radius 2 is 1.68 bits per heavy atom. The molecule has 0 radical (unpaired) electrons. The molecule has 1 atom stereocenters. The summed E-state index contributed by atoms with van der Waals surface area (Å²) in [4.78, 5) is 14.6. The van der Waals surface area contributed by atoms with Gasteiger partial charge in [-0.15, -0.1) is 0 Å². The Hall–Kier alpha value is -2.33. The normalized spacial score (nSPS) is 12.0. The number of rotatable bonds is 9. The van der Waals surface area contributed by atoms with Crippen LogP contribution in [-0.4, -0.2) is 37.0 Å². The zero-order valence-corrected chi connectivity index (χ0v) is 15.4. The number of hydrogen-bond acceptors (Lipinski definition) is 3. The second kappa shape index (κ2) is 9.84. The Balaban J connectivity index is 1.93. The van der Waals surface area contributed by atoms with Crippen molar-refractivity contribution >= 4 is 5.91 Å². The van der Waals surface area contributed by atoms with Crippen molar-refractivity contribution in [2.24, 2.45) is 0 Å². The van der Waals surface area contributed by atoms with Crippen molar-refractivity contribution in [2.75, 3.05) is 26.2 Å². The van der Waals surface area contributed by atoms with Crippen LogP contribution in [-0.2, 0) is 4.79 Å². The van der Waals surface area contributed by atoms with Crippen LogP contribution in [0.15, 0.2) is 54.6 Å². The van der Waals surface area contributed by atoms with Crippen LogP contribution in [0.25, 0.3) is 0 Å². The maximum absolute atomic E-state index is 12.2. The van der Waals surface area contributed by atoms with E-state index in [-0.39, 0.29) is 18.6 Å². The first-order chi connectivity index (χ1) is 12.2. The van der Waals surface area contributed by atoms with Gasteiger partial charge in [0.2, 0.25) is 0 Å². The number of amides is 1. The highest BCUT2D eigenvalue weighted by Crippen LogP contribution is 2.19. The van der Waals surface area contributed by atoms with E-state index in [1.807, 2.05) is 49.4 Å². The third-order valence-electron chi connectivity index (χ3n) is 4.38. The van der Waals surface area contributed by atoms with Crippen molar-refractivity contribution in [1.82, 2.24) is 10.2 Å². The van der Waals surface area contributed by atoms with Crippen LogP contribution in [0, 0.1) is 6.92 Å². The third-order valence-corrected chi connectivity index (χ3v) is 4.38. The Bertz CT molecular complexity index is 654. The molecule has 0 aliphatic heterocycles. The number of nitrogens with one attached hydrogen (secondary N) is 1. The molecular weight excluding hydrogens is 312 g/mol. The van der Waals surface area contributed by atoms with E-state index in [1.54, 1.807) is 0 Å². The topological polar surface area (TPSA) is 41.6 Å². The summed E-state index contributed by atoms with van der Waals surface area (Å²) in [5.74, 6) is 0.650. The summed E-state index contributed by atoms with van der Waals surface area (Å²) in [6.45, 7) is 8.73. The second-order valence-corrected chi connectivity index (χ2v) is 6.01. The molecule has 0 spiro atoms. The molecule has 0 heterocycles. The molecule has 4 heteroatoms. The van der Waals surface area contributed by atoms with Gasteiger partial charge in [-0.25, -0.2) is 0 Å². The lowest BCUT2D eigenvalue weighted by Gasteiger charge is -2.30. The average molecular weight is 340 g/mol. The van der Waals surface area contributed by atoms with Gasteiger partial charge in [0, 0.05) is 6.54 Å². The van der Waals surface area contributed by atoms with Crippen molar-refractivity contribution in [3.8, 4) is 5.75 Å². The lowest BCUT2D eigenvalue weighted by atomic mass is 10.1. The summed E-state index contributed by atoms with van der Waals surface area (Å²) >= 11 is 0. The van der Waals surface area contributed by atoms with Gasteiger partial charge in [-0.3, -0.25) is 9.69 Å². The zero-order chi connectivity index (χ0) is 18.1. The fourth-order valence-corrected chi connectivity index (χ4v) is 2.92. The number of aryl methyl sites for hydroxylation is 1. The lowest BCUT2D eigenvalue weighted by molar-refractivity contribution is -0.123. The molecule has 0 aliphatic rings. The van der Waals surface area contributed by atoms with Crippen molar-refractivity contribution in [2.45, 2.75) is 26.8 Å². The number of carbonyl (C=O) groups excluding carboxylic acids is 1. The largest absolute Gasteiger partial charge is 0.484 e. The lowest BCUT2D eigenvalue weighted by Crippen LogP contribution is -2.39. The first-order valence-corrected chi connectivity index (χ1v) is 8.89. The van der Waals surface area contributed by atoms with Gasteiger partial charge in [-0.2, -0.15) is 0 Å². The van der Waals surface area contributed by atoms with Crippen molar-refractivity contribution < 1.29 is 9.53 Å². The molecule has 0 aliphatic carbocycles. The molecule has 1 unspecified atom stereocenters. The summed E-state index contributed by atoms with van der Waals surface area (Å²) in [5.41, 5.74) is 2.24. The van der Waals surface area contributed by atoms with Gasteiger partial charge in [0.05, 0.1) is 6.04 Å². The minimum atomic E-state index is -0.101. The summed E-state index contributed by atoms with van der Waals surface area (Å²) in [7, 11) is 0. The standard InChI is InChI=1S/C21H28N2O2/c1-4-23(5-2)19(18-12-7-6-8-13-18)15-22-21(24)16-25-20-14-10-9-11-17(20)3/h6-14,19H,4-5,15-16H2,1-3H3,(H,22,24). The fourth-order valence-electron chi connectivity index (χ4n) is 2.92. The van der Waals surface area contributed by atoms with E-state index in [0.717, 1.165) is 24.4 Å². The Morgan fingerprint density at radius 1 is 1.04 bits per heavy atom. The Morgan fingerprint density at radius 3 is 2.32 bits per heavy atom. The Kier molecular flexibility index (Phi) is 7.48. The smallest absolute Gasteiger partial charge is 0.258 e. The minimum Gasteiger partial charge on any atom is -0.484 e. The van der Waals surface area contributed by atoms with Gasteiger partial charge in [0.1, 0.15) is 5.75 Å². The predicted octanol–water partition coefficient (Wildman–Crippen LogP) is 3.57. The molecule has 0 saturated heterocycles. The number of hydrogen-bond donors (Lipinski definition) is 1. The van der Waals surface area contributed by atoms with Gasteiger partial charge in [-0.05, 0) is 37.2 Å². The van der Waals surface area contributed by atoms with E-state index in [0.29, 0.717) is 6.54 Å². The summed E-state index contributed by atoms with van der Waals surface area (Å²) in [6.07, 6.45) is 0. The highest BCUT2D eigenvalue weighted by atomic mass is 16.5. The van der Waals surface area contributed by atoms with Gasteiger partial charge < -0.3 is 10.1 Å². The van der Waals surface area contributed by atoms with Crippen LogP contribution in [0.1, 0.15) is 31.0 Å². The van der Waals surface area contributed by atoms with E-state index in [4.69, 9.17) is 4.74 Å². The van der Waals surface area contributed by atoms with E-state index in [1.165, 1.54) is 5.56 Å². The van der Waals surface area contributed by atoms with Crippen LogP contribution >= 0.6 is 0 Å². The molecule has 134 valence electrons. The van der Waals surface area contributed by atoms with Crippen LogP contribution in [0.2, 0.25) is 0 Å². The quantitative estimate of drug-likeness (QED) is 0.759. The molecule has 1 amide bonds. The fraction of sp³-hybridized carbons (Fsp3) is 0.381. The number of benzene rings is 2. The van der Waals surface area contributed by atoms with E-state index in [2.05, 4.69) is 36.2 Å². The van der Waals surface area contributed by atoms with Crippen LogP contribution in [0.3, 0.4) is 0 Å². The van der Waals surface area contributed by atoms with Crippen LogP contribution < -0.4 is 10.1 Å². The maximum atomic E-state index is 12.2. The first kappa shape index (κ1) is 19.0. The summed E-state index contributed by atoms with van der Waals surface area (Å²) in [5, 5.41) is 3.01. The predicted molar refractivity (Wildman–Crippen MR) is 102 cm³/mol. The van der Waals surface area contributed by atoms with Gasteiger partial charge in [0.25, 0.3) is 5.91 Å². The minimum absolute atomic E-state index is 0.0324. The molecule has 0 fully saturated rings.